The minimum absolute atomic E-state index is 0.103. The number of nitrogens with zero attached hydrogens (tertiary/aromatic N) is 2. The number of esters is 1. The van der Waals surface area contributed by atoms with E-state index in [4.69, 9.17) is 4.74 Å². The third-order valence-corrected chi connectivity index (χ3v) is 4.20. The zero-order valence-electron chi connectivity index (χ0n) is 15.8. The van der Waals surface area contributed by atoms with E-state index in [0.717, 1.165) is 22.4 Å². The molecule has 3 aromatic rings. The number of benzene rings is 2. The number of fused-ring (bicyclic) bond motifs is 1. The molecule has 0 aliphatic heterocycles. The molecule has 0 bridgehead atoms. The molecule has 6 nitrogen and oxygen atoms in total. The molecule has 3 rings (SSSR count). The van der Waals surface area contributed by atoms with Gasteiger partial charge in [-0.2, -0.15) is 0 Å². The number of rotatable bonds is 8. The van der Waals surface area contributed by atoms with E-state index < -0.39 is 0 Å². The first-order chi connectivity index (χ1) is 13.7. The Morgan fingerprint density at radius 2 is 1.86 bits per heavy atom. The second kappa shape index (κ2) is 9.50. The topological polar surface area (TPSA) is 73.2 Å². The van der Waals surface area contributed by atoms with Gasteiger partial charge < -0.3 is 14.6 Å². The summed E-state index contributed by atoms with van der Waals surface area (Å²) in [5, 5.41) is 2.86. The van der Waals surface area contributed by atoms with Gasteiger partial charge in [-0.3, -0.25) is 9.59 Å². The molecular weight excluding hydrogens is 354 g/mol. The summed E-state index contributed by atoms with van der Waals surface area (Å²) >= 11 is 0. The summed E-state index contributed by atoms with van der Waals surface area (Å²) in [6.45, 7) is 2.64. The summed E-state index contributed by atoms with van der Waals surface area (Å²) < 4.78 is 6.92. The third kappa shape index (κ3) is 5.07. The third-order valence-electron chi connectivity index (χ3n) is 4.20. The minimum Gasteiger partial charge on any atom is -0.465 e. The summed E-state index contributed by atoms with van der Waals surface area (Å²) in [6, 6.07) is 17.3. The average Bonchev–Trinajstić information content (AvgIpc) is 3.05. The molecule has 0 unspecified atom stereocenters. The van der Waals surface area contributed by atoms with Crippen LogP contribution in [0.4, 0.5) is 0 Å². The Hall–Kier alpha value is -3.41. The maximum Gasteiger partial charge on any atom is 0.326 e. The molecule has 1 N–H and O–H groups in total. The van der Waals surface area contributed by atoms with Crippen molar-refractivity contribution in [1.82, 2.24) is 14.9 Å². The van der Waals surface area contributed by atoms with Gasteiger partial charge in [-0.25, -0.2) is 4.98 Å². The molecule has 1 heterocycles. The molecule has 0 fully saturated rings. The molecule has 144 valence electrons. The van der Waals surface area contributed by atoms with E-state index in [-0.39, 0.29) is 18.4 Å². The maximum atomic E-state index is 12.0. The molecule has 0 radical (unpaired) electrons. The Bertz CT molecular complexity index is 977. The SMILES string of the molecule is CCOC(=O)Cn1c(CCNC(=O)/C=C/c2ccccc2)nc2ccccc21. The first kappa shape index (κ1) is 19.4. The van der Waals surface area contributed by atoms with Gasteiger partial charge >= 0.3 is 5.97 Å². The Balaban J connectivity index is 1.64. The van der Waals surface area contributed by atoms with Crippen molar-refractivity contribution in [1.29, 1.82) is 0 Å². The zero-order chi connectivity index (χ0) is 19.8. The van der Waals surface area contributed by atoms with Crippen LogP contribution in [-0.4, -0.2) is 34.6 Å². The van der Waals surface area contributed by atoms with Crippen molar-refractivity contribution in [3.63, 3.8) is 0 Å². The molecule has 0 aliphatic carbocycles. The van der Waals surface area contributed by atoms with Crippen molar-refractivity contribution in [3.8, 4) is 0 Å². The molecule has 0 aliphatic rings. The van der Waals surface area contributed by atoms with Gasteiger partial charge in [0, 0.05) is 19.0 Å². The standard InChI is InChI=1S/C22H23N3O3/c1-2-28-22(27)16-25-19-11-7-6-10-18(19)24-20(25)14-15-23-21(26)13-12-17-8-4-3-5-9-17/h3-13H,2,14-16H2,1H3,(H,23,26)/b13-12+. The van der Waals surface area contributed by atoms with Crippen LogP contribution in [0.5, 0.6) is 0 Å². The Kier molecular flexibility index (Phi) is 6.57. The lowest BCUT2D eigenvalue weighted by atomic mass is 10.2. The van der Waals surface area contributed by atoms with Crippen LogP contribution in [0.3, 0.4) is 0 Å². The lowest BCUT2D eigenvalue weighted by Gasteiger charge is -2.09. The molecule has 28 heavy (non-hydrogen) atoms. The van der Waals surface area contributed by atoms with Gasteiger partial charge in [0.15, 0.2) is 0 Å². The van der Waals surface area contributed by atoms with Crippen LogP contribution >= 0.6 is 0 Å². The van der Waals surface area contributed by atoms with E-state index in [9.17, 15) is 9.59 Å². The van der Waals surface area contributed by atoms with Crippen molar-refractivity contribution in [2.75, 3.05) is 13.2 Å². The second-order valence-electron chi connectivity index (χ2n) is 6.19. The van der Waals surface area contributed by atoms with E-state index in [1.807, 2.05) is 59.2 Å². The predicted molar refractivity (Wildman–Crippen MR) is 109 cm³/mol. The maximum absolute atomic E-state index is 12.0. The molecule has 6 heteroatoms. The smallest absolute Gasteiger partial charge is 0.326 e. The molecule has 1 amide bonds. The normalized spacial score (nSPS) is 11.0. The van der Waals surface area contributed by atoms with Crippen LogP contribution in [0.2, 0.25) is 0 Å². The van der Waals surface area contributed by atoms with Crippen LogP contribution in [0.1, 0.15) is 18.3 Å². The van der Waals surface area contributed by atoms with Crippen LogP contribution in [0, 0.1) is 0 Å². The van der Waals surface area contributed by atoms with Gasteiger partial charge in [-0.05, 0) is 30.7 Å². The number of nitrogens with one attached hydrogen (secondary N) is 1. The number of carbonyl (C=O) groups excluding carboxylic acids is 2. The Morgan fingerprint density at radius 3 is 2.64 bits per heavy atom. The fourth-order valence-electron chi connectivity index (χ4n) is 2.92. The number of carbonyl (C=O) groups is 2. The largest absolute Gasteiger partial charge is 0.465 e. The second-order valence-corrected chi connectivity index (χ2v) is 6.19. The Labute approximate surface area is 163 Å². The number of aromatic nitrogens is 2. The monoisotopic (exact) mass is 377 g/mol. The van der Waals surface area contributed by atoms with Gasteiger partial charge in [0.25, 0.3) is 0 Å². The molecular formula is C22H23N3O3. The Morgan fingerprint density at radius 1 is 1.11 bits per heavy atom. The van der Waals surface area contributed by atoms with E-state index in [2.05, 4.69) is 10.3 Å². The van der Waals surface area contributed by atoms with Crippen molar-refractivity contribution in [2.45, 2.75) is 19.9 Å². The van der Waals surface area contributed by atoms with Crippen molar-refractivity contribution in [2.24, 2.45) is 0 Å². The fourth-order valence-corrected chi connectivity index (χ4v) is 2.92. The summed E-state index contributed by atoms with van der Waals surface area (Å²) in [4.78, 5) is 28.6. The molecule has 0 spiro atoms. The molecule has 0 saturated heterocycles. The fraction of sp³-hybridized carbons (Fsp3) is 0.227. The first-order valence-electron chi connectivity index (χ1n) is 9.28. The zero-order valence-corrected chi connectivity index (χ0v) is 15.8. The highest BCUT2D eigenvalue weighted by atomic mass is 16.5. The van der Waals surface area contributed by atoms with Gasteiger partial charge in [-0.1, -0.05) is 42.5 Å². The highest BCUT2D eigenvalue weighted by Gasteiger charge is 2.14. The molecule has 2 aromatic carbocycles. The summed E-state index contributed by atoms with van der Waals surface area (Å²) in [7, 11) is 0. The van der Waals surface area contributed by atoms with Gasteiger partial charge in [-0.15, -0.1) is 0 Å². The summed E-state index contributed by atoms with van der Waals surface area (Å²) in [6.07, 6.45) is 3.79. The van der Waals surface area contributed by atoms with E-state index in [1.165, 1.54) is 6.08 Å². The summed E-state index contributed by atoms with van der Waals surface area (Å²) in [5.41, 5.74) is 2.66. The molecule has 0 saturated carbocycles. The molecule has 0 atom stereocenters. The average molecular weight is 377 g/mol. The van der Waals surface area contributed by atoms with E-state index in [0.29, 0.717) is 19.6 Å². The quantitative estimate of drug-likeness (QED) is 0.484. The highest BCUT2D eigenvalue weighted by molar-refractivity contribution is 5.91. The number of para-hydroxylation sites is 2. The van der Waals surface area contributed by atoms with E-state index in [1.54, 1.807) is 13.0 Å². The number of ether oxygens (including phenoxy) is 1. The highest BCUT2D eigenvalue weighted by Crippen LogP contribution is 2.16. The van der Waals surface area contributed by atoms with Crippen LogP contribution in [0.15, 0.2) is 60.7 Å². The minimum atomic E-state index is -0.304. The van der Waals surface area contributed by atoms with Gasteiger partial charge in [0.1, 0.15) is 12.4 Å². The predicted octanol–water partition coefficient (Wildman–Crippen LogP) is 2.97. The van der Waals surface area contributed by atoms with Crippen LogP contribution < -0.4 is 5.32 Å². The lowest BCUT2D eigenvalue weighted by Crippen LogP contribution is -2.25. The first-order valence-corrected chi connectivity index (χ1v) is 9.28. The lowest BCUT2D eigenvalue weighted by molar-refractivity contribution is -0.143. The summed E-state index contributed by atoms with van der Waals surface area (Å²) in [5.74, 6) is 0.264. The van der Waals surface area contributed by atoms with E-state index >= 15 is 0 Å². The number of hydrogen-bond acceptors (Lipinski definition) is 4. The van der Waals surface area contributed by atoms with Crippen molar-refractivity contribution < 1.29 is 14.3 Å². The van der Waals surface area contributed by atoms with Crippen LogP contribution in [0.25, 0.3) is 17.1 Å². The van der Waals surface area contributed by atoms with Crippen LogP contribution in [-0.2, 0) is 27.3 Å². The van der Waals surface area contributed by atoms with Gasteiger partial charge in [0.05, 0.1) is 17.6 Å². The number of imidazole rings is 1. The number of hydrogen-bond donors (Lipinski definition) is 1. The van der Waals surface area contributed by atoms with Crippen molar-refractivity contribution in [3.05, 3.63) is 72.1 Å². The van der Waals surface area contributed by atoms with Gasteiger partial charge in [0.2, 0.25) is 5.91 Å². The number of amides is 1. The molecule has 1 aromatic heterocycles. The van der Waals surface area contributed by atoms with Crippen molar-refractivity contribution >= 4 is 29.0 Å².